The van der Waals surface area contributed by atoms with Gasteiger partial charge in [-0.1, -0.05) is 54.6 Å². The van der Waals surface area contributed by atoms with E-state index in [1.54, 1.807) is 66.7 Å². The number of phenolic OH excluding ortho intramolecular Hbond substituents is 5. The second-order valence-electron chi connectivity index (χ2n) is 13.0. The summed E-state index contributed by atoms with van der Waals surface area (Å²) in [4.78, 5) is 14.1. The minimum atomic E-state index is -0.681. The van der Waals surface area contributed by atoms with E-state index in [2.05, 4.69) is 0 Å². The molecule has 5 N–H and O–H groups in total. The summed E-state index contributed by atoms with van der Waals surface area (Å²) in [6.07, 6.45) is 3.36. The van der Waals surface area contributed by atoms with Gasteiger partial charge in [-0.2, -0.15) is 0 Å². The number of benzene rings is 5. The molecule has 0 bridgehead atoms. The number of hydrogen-bond acceptors (Lipinski definition) is 9. The molecule has 0 saturated carbocycles. The van der Waals surface area contributed by atoms with E-state index >= 15 is 0 Å². The van der Waals surface area contributed by atoms with Crippen LogP contribution in [0.3, 0.4) is 0 Å². The topological polar surface area (TPSA) is 146 Å². The van der Waals surface area contributed by atoms with Gasteiger partial charge in [-0.3, -0.25) is 4.79 Å². The van der Waals surface area contributed by atoms with Gasteiger partial charge in [0, 0.05) is 23.5 Å². The van der Waals surface area contributed by atoms with Crippen molar-refractivity contribution in [2.24, 2.45) is 5.92 Å². The molecule has 7 rings (SSSR count). The van der Waals surface area contributed by atoms with Crippen molar-refractivity contribution in [3.05, 3.63) is 143 Å². The quantitative estimate of drug-likeness (QED) is 0.0767. The Bertz CT molecular complexity index is 2040. The number of aromatic hydroxyl groups is 5. The maximum Gasteiger partial charge on any atom is 0.193 e. The van der Waals surface area contributed by atoms with Crippen molar-refractivity contribution in [3.8, 4) is 40.2 Å². The third-order valence-corrected chi connectivity index (χ3v) is 9.82. The smallest absolute Gasteiger partial charge is 0.193 e. The summed E-state index contributed by atoms with van der Waals surface area (Å²) in [5.41, 5.74) is 3.94. The predicted molar refractivity (Wildman–Crippen MR) is 191 cm³/mol. The van der Waals surface area contributed by atoms with Crippen LogP contribution in [0, 0.1) is 5.92 Å². The zero-order chi connectivity index (χ0) is 35.6. The van der Waals surface area contributed by atoms with Gasteiger partial charge < -0.3 is 39.7 Å². The fourth-order valence-electron chi connectivity index (χ4n) is 7.34. The Morgan fingerprint density at radius 2 is 1.31 bits per heavy atom. The number of carbonyl (C=O) groups excluding carboxylic acids is 1. The zero-order valence-corrected chi connectivity index (χ0v) is 27.8. The number of fused-ring (bicyclic) bond motifs is 3. The highest BCUT2D eigenvalue weighted by molar-refractivity contribution is 6.11. The van der Waals surface area contributed by atoms with Crippen LogP contribution in [0.2, 0.25) is 0 Å². The molecule has 2 aliphatic rings. The first-order valence-corrected chi connectivity index (χ1v) is 16.8. The molecule has 9 nitrogen and oxygen atoms in total. The maximum absolute atomic E-state index is 14.1. The molecule has 51 heavy (non-hydrogen) atoms. The van der Waals surface area contributed by atoms with Crippen molar-refractivity contribution in [1.29, 1.82) is 0 Å². The molecule has 5 atom stereocenters. The average Bonchev–Trinajstić information content (AvgIpc) is 3.14. The second-order valence-corrected chi connectivity index (χ2v) is 13.0. The number of methoxy groups -OCH3 is 1. The minimum absolute atomic E-state index is 0.0660. The molecule has 2 aliphatic heterocycles. The molecule has 1 fully saturated rings. The molecule has 5 aromatic rings. The largest absolute Gasteiger partial charge is 0.508 e. The van der Waals surface area contributed by atoms with Crippen LogP contribution in [0.5, 0.6) is 40.2 Å². The number of aryl methyl sites for hydroxylation is 1. The Hall–Kier alpha value is -5.93. The van der Waals surface area contributed by atoms with Gasteiger partial charge >= 0.3 is 0 Å². The van der Waals surface area contributed by atoms with Gasteiger partial charge in [0.15, 0.2) is 5.78 Å². The molecule has 5 aromatic carbocycles. The molecular weight excluding hydrogens is 648 g/mol. The van der Waals surface area contributed by atoms with E-state index in [9.17, 15) is 30.3 Å². The summed E-state index contributed by atoms with van der Waals surface area (Å²) >= 11 is 0. The summed E-state index contributed by atoms with van der Waals surface area (Å²) < 4.78 is 19.4. The van der Waals surface area contributed by atoms with Gasteiger partial charge in [0.25, 0.3) is 0 Å². The highest BCUT2D eigenvalue weighted by Crippen LogP contribution is 2.60. The minimum Gasteiger partial charge on any atom is -0.508 e. The molecule has 0 spiro atoms. The summed E-state index contributed by atoms with van der Waals surface area (Å²) in [6, 6.07) is 28.6. The van der Waals surface area contributed by atoms with Crippen LogP contribution in [-0.2, 0) is 11.2 Å². The maximum atomic E-state index is 14.1. The lowest BCUT2D eigenvalue weighted by molar-refractivity contribution is -0.134. The molecule has 0 amide bonds. The molecule has 0 aliphatic carbocycles. The van der Waals surface area contributed by atoms with Crippen LogP contribution in [0.4, 0.5) is 0 Å². The van der Waals surface area contributed by atoms with E-state index in [0.717, 1.165) is 16.7 Å². The average molecular weight is 687 g/mol. The number of phenols is 5. The van der Waals surface area contributed by atoms with Crippen LogP contribution in [0.25, 0.3) is 6.08 Å². The Morgan fingerprint density at radius 1 is 0.765 bits per heavy atom. The third-order valence-electron chi connectivity index (χ3n) is 9.82. The Labute approximate surface area is 295 Å². The Balaban J connectivity index is 1.36. The molecular formula is C42H38O9. The van der Waals surface area contributed by atoms with Crippen LogP contribution in [0.1, 0.15) is 69.1 Å². The third kappa shape index (κ3) is 6.93. The molecule has 0 radical (unpaired) electrons. The van der Waals surface area contributed by atoms with Crippen molar-refractivity contribution in [3.63, 3.8) is 0 Å². The lowest BCUT2D eigenvalue weighted by atomic mass is 9.68. The van der Waals surface area contributed by atoms with Crippen molar-refractivity contribution in [2.75, 3.05) is 7.11 Å². The second kappa shape index (κ2) is 14.1. The molecule has 9 heteroatoms. The monoisotopic (exact) mass is 686 g/mol. The highest BCUT2D eigenvalue weighted by Gasteiger charge is 2.51. The van der Waals surface area contributed by atoms with E-state index in [0.29, 0.717) is 30.4 Å². The van der Waals surface area contributed by atoms with Crippen LogP contribution in [-0.4, -0.2) is 44.5 Å². The van der Waals surface area contributed by atoms with Crippen LogP contribution < -0.4 is 9.47 Å². The van der Waals surface area contributed by atoms with Crippen molar-refractivity contribution < 1.29 is 44.5 Å². The van der Waals surface area contributed by atoms with E-state index in [-0.39, 0.29) is 57.8 Å². The summed E-state index contributed by atoms with van der Waals surface area (Å²) in [6.45, 7) is 0. The lowest BCUT2D eigenvalue weighted by Gasteiger charge is -2.49. The van der Waals surface area contributed by atoms with Crippen molar-refractivity contribution in [1.82, 2.24) is 0 Å². The summed E-state index contributed by atoms with van der Waals surface area (Å²) in [5.74, 6) is -0.344. The van der Waals surface area contributed by atoms with E-state index in [4.69, 9.17) is 14.2 Å². The van der Waals surface area contributed by atoms with Gasteiger partial charge in [0.1, 0.15) is 51.9 Å². The fraction of sp³-hybridized carbons (Fsp3) is 0.214. The first-order valence-electron chi connectivity index (χ1n) is 16.8. The number of hydrogen-bond donors (Lipinski definition) is 5. The van der Waals surface area contributed by atoms with Crippen LogP contribution >= 0.6 is 0 Å². The SMILES string of the molecule is COc1cc(O)c2c(c1C(=O)C=Cc1ccc(O)cc1)O[C@@H](c1ccc(O)cc1)[C@@H]1[C@@H](c3ccc(O)cc3)O[C@@H](CCc3ccc(O)cc3)C[C@@H]21. The number of rotatable bonds is 9. The molecule has 1 saturated heterocycles. The van der Waals surface area contributed by atoms with E-state index in [1.165, 1.54) is 31.4 Å². The fourth-order valence-corrected chi connectivity index (χ4v) is 7.34. The summed E-state index contributed by atoms with van der Waals surface area (Å²) in [5, 5.41) is 51.5. The normalized spacial score (nSPS) is 21.0. The number of ketones is 1. The first kappa shape index (κ1) is 33.6. The van der Waals surface area contributed by atoms with Gasteiger partial charge in [-0.05, 0) is 96.1 Å². The highest BCUT2D eigenvalue weighted by atomic mass is 16.5. The van der Waals surface area contributed by atoms with Crippen molar-refractivity contribution in [2.45, 2.75) is 43.5 Å². The zero-order valence-electron chi connectivity index (χ0n) is 27.8. The van der Waals surface area contributed by atoms with Crippen molar-refractivity contribution >= 4 is 11.9 Å². The van der Waals surface area contributed by atoms with Gasteiger partial charge in [0.2, 0.25) is 0 Å². The molecule has 2 heterocycles. The predicted octanol–water partition coefficient (Wildman–Crippen LogP) is 8.12. The molecule has 0 aromatic heterocycles. The van der Waals surface area contributed by atoms with Gasteiger partial charge in [0.05, 0.1) is 19.3 Å². The van der Waals surface area contributed by atoms with Gasteiger partial charge in [-0.15, -0.1) is 0 Å². The number of ether oxygens (including phenoxy) is 3. The molecule has 0 unspecified atom stereocenters. The Morgan fingerprint density at radius 3 is 1.90 bits per heavy atom. The molecule has 260 valence electrons. The van der Waals surface area contributed by atoms with E-state index in [1.807, 2.05) is 24.3 Å². The lowest BCUT2D eigenvalue weighted by Crippen LogP contribution is -2.42. The number of allylic oxidation sites excluding steroid dienone is 1. The Kier molecular flexibility index (Phi) is 9.30. The summed E-state index contributed by atoms with van der Waals surface area (Å²) in [7, 11) is 1.43. The van der Waals surface area contributed by atoms with E-state index < -0.39 is 23.9 Å². The first-order chi connectivity index (χ1) is 24.7. The standard InChI is InChI=1S/C42H38O9/c1-49-36-23-35(48)37-33-22-32(20-6-24-2-12-28(43)13-3-24)50-40(26-8-16-30(45)17-9-26)38(33)41(27-10-18-31(46)19-11-27)51-42(37)39(36)34(47)21-7-25-4-14-29(44)15-5-25/h2-5,7-19,21,23,32-33,38,40-41,43-46,48H,6,20,22H2,1H3/t32-,33-,38-,40+,41-/m0/s1. The van der Waals surface area contributed by atoms with Gasteiger partial charge in [-0.25, -0.2) is 0 Å². The number of carbonyl (C=O) groups is 1. The van der Waals surface area contributed by atoms with Crippen LogP contribution in [0.15, 0.2) is 109 Å².